The second kappa shape index (κ2) is 11.7. The minimum atomic E-state index is -0.784. The summed E-state index contributed by atoms with van der Waals surface area (Å²) in [6.07, 6.45) is 9.88. The molecule has 0 unspecified atom stereocenters. The number of nitrogens with zero attached hydrogens (tertiary/aromatic N) is 3. The molecule has 1 saturated carbocycles. The second-order valence-corrected chi connectivity index (χ2v) is 9.58. The number of carbonyl (C=O) groups excluding carboxylic acids is 2. The monoisotopic (exact) mass is 470 g/mol. The van der Waals surface area contributed by atoms with Crippen LogP contribution in [-0.2, 0) is 11.3 Å². The van der Waals surface area contributed by atoms with Crippen molar-refractivity contribution in [2.45, 2.75) is 70.5 Å². The Labute approximate surface area is 207 Å². The van der Waals surface area contributed by atoms with Crippen molar-refractivity contribution in [2.75, 3.05) is 0 Å². The Morgan fingerprint density at radius 3 is 2.26 bits per heavy atom. The summed E-state index contributed by atoms with van der Waals surface area (Å²) in [4.78, 5) is 37.6. The van der Waals surface area contributed by atoms with Crippen LogP contribution in [0.4, 0.5) is 0 Å². The van der Waals surface area contributed by atoms with E-state index in [0.717, 1.165) is 36.8 Å². The summed E-state index contributed by atoms with van der Waals surface area (Å²) in [5, 5.41) is 3.26. The summed E-state index contributed by atoms with van der Waals surface area (Å²) < 4.78 is 0. The normalized spacial score (nSPS) is 14.9. The molecule has 1 N–H and O–H groups in total. The van der Waals surface area contributed by atoms with E-state index >= 15 is 0 Å². The van der Waals surface area contributed by atoms with Crippen LogP contribution in [0.3, 0.4) is 0 Å². The molecule has 6 heteroatoms. The van der Waals surface area contributed by atoms with Crippen molar-refractivity contribution in [3.8, 4) is 0 Å². The van der Waals surface area contributed by atoms with Gasteiger partial charge in [-0.1, -0.05) is 87.7 Å². The Morgan fingerprint density at radius 2 is 1.63 bits per heavy atom. The molecule has 1 aromatic heterocycles. The van der Waals surface area contributed by atoms with Gasteiger partial charge in [0.2, 0.25) is 5.91 Å². The van der Waals surface area contributed by atoms with E-state index in [1.165, 1.54) is 30.6 Å². The Morgan fingerprint density at radius 1 is 0.943 bits per heavy atom. The van der Waals surface area contributed by atoms with Gasteiger partial charge in [0.15, 0.2) is 0 Å². The van der Waals surface area contributed by atoms with Gasteiger partial charge in [-0.2, -0.15) is 0 Å². The highest BCUT2D eigenvalue weighted by Gasteiger charge is 2.34. The van der Waals surface area contributed by atoms with Crippen LogP contribution in [0.1, 0.15) is 85.1 Å². The van der Waals surface area contributed by atoms with Crippen molar-refractivity contribution in [1.29, 1.82) is 0 Å². The lowest BCUT2D eigenvalue weighted by Crippen LogP contribution is -2.47. The summed E-state index contributed by atoms with van der Waals surface area (Å²) in [6, 6.07) is 17.2. The molecule has 0 saturated heterocycles. The van der Waals surface area contributed by atoms with Gasteiger partial charge in [0.25, 0.3) is 5.91 Å². The van der Waals surface area contributed by atoms with Crippen LogP contribution >= 0.6 is 0 Å². The number of hydrogen-bond acceptors (Lipinski definition) is 4. The van der Waals surface area contributed by atoms with Crippen molar-refractivity contribution in [3.05, 3.63) is 95.6 Å². The van der Waals surface area contributed by atoms with Crippen LogP contribution in [0.15, 0.2) is 73.2 Å². The van der Waals surface area contributed by atoms with Gasteiger partial charge in [-0.25, -0.2) is 4.98 Å². The first kappa shape index (κ1) is 24.6. The first-order valence-electron chi connectivity index (χ1n) is 12.5. The minimum absolute atomic E-state index is 0.138. The van der Waals surface area contributed by atoms with E-state index in [4.69, 9.17) is 0 Å². The first-order chi connectivity index (χ1) is 17.0. The molecule has 0 bridgehead atoms. The van der Waals surface area contributed by atoms with Crippen molar-refractivity contribution < 1.29 is 9.59 Å². The number of aromatic nitrogens is 2. The summed E-state index contributed by atoms with van der Waals surface area (Å²) in [5.74, 6) is -0.0961. The predicted molar refractivity (Wildman–Crippen MR) is 137 cm³/mol. The molecule has 1 aliphatic carbocycles. The van der Waals surface area contributed by atoms with Gasteiger partial charge in [0.05, 0.1) is 6.20 Å². The summed E-state index contributed by atoms with van der Waals surface area (Å²) >= 11 is 0. The zero-order valence-corrected chi connectivity index (χ0v) is 20.6. The number of rotatable bonds is 8. The lowest BCUT2D eigenvalue weighted by molar-refractivity contribution is -0.127. The largest absolute Gasteiger partial charge is 0.351 e. The average Bonchev–Trinajstić information content (AvgIpc) is 2.90. The number of carbonyl (C=O) groups is 2. The topological polar surface area (TPSA) is 75.2 Å². The van der Waals surface area contributed by atoms with Gasteiger partial charge < -0.3 is 10.2 Å². The van der Waals surface area contributed by atoms with Crippen LogP contribution in [0.5, 0.6) is 0 Å². The van der Waals surface area contributed by atoms with Crippen molar-refractivity contribution in [1.82, 2.24) is 20.2 Å². The van der Waals surface area contributed by atoms with Gasteiger partial charge in [-0.3, -0.25) is 14.6 Å². The van der Waals surface area contributed by atoms with Gasteiger partial charge in [0, 0.05) is 25.0 Å². The Kier molecular flexibility index (Phi) is 8.24. The third kappa shape index (κ3) is 6.32. The second-order valence-electron chi connectivity index (χ2n) is 9.58. The van der Waals surface area contributed by atoms with Crippen molar-refractivity contribution in [2.24, 2.45) is 0 Å². The fourth-order valence-electron chi connectivity index (χ4n) is 4.68. The first-order valence-corrected chi connectivity index (χ1v) is 12.5. The number of nitrogens with one attached hydrogen (secondary N) is 1. The van der Waals surface area contributed by atoms with E-state index in [1.807, 2.05) is 54.6 Å². The third-order valence-corrected chi connectivity index (χ3v) is 6.67. The summed E-state index contributed by atoms with van der Waals surface area (Å²) in [6.45, 7) is 4.56. The van der Waals surface area contributed by atoms with E-state index < -0.39 is 6.04 Å². The van der Waals surface area contributed by atoms with E-state index in [1.54, 1.807) is 4.90 Å². The molecule has 1 heterocycles. The third-order valence-electron chi connectivity index (χ3n) is 6.67. The Balaban J connectivity index is 1.74. The molecule has 182 valence electrons. The van der Waals surface area contributed by atoms with Crippen LogP contribution in [0.25, 0.3) is 0 Å². The Hall–Kier alpha value is -3.54. The van der Waals surface area contributed by atoms with E-state index in [9.17, 15) is 9.59 Å². The summed E-state index contributed by atoms with van der Waals surface area (Å²) in [7, 11) is 0. The molecule has 0 radical (unpaired) electrons. The van der Waals surface area contributed by atoms with Crippen molar-refractivity contribution in [3.63, 3.8) is 0 Å². The summed E-state index contributed by atoms with van der Waals surface area (Å²) in [5.41, 5.74) is 3.14. The number of amides is 2. The number of benzene rings is 2. The average molecular weight is 471 g/mol. The molecular weight excluding hydrogens is 436 g/mol. The molecule has 6 nitrogen and oxygen atoms in total. The predicted octanol–water partition coefficient (Wildman–Crippen LogP) is 5.43. The lowest BCUT2D eigenvalue weighted by Gasteiger charge is -2.33. The molecule has 35 heavy (non-hydrogen) atoms. The van der Waals surface area contributed by atoms with Crippen LogP contribution < -0.4 is 5.32 Å². The van der Waals surface area contributed by atoms with Crippen molar-refractivity contribution >= 4 is 11.8 Å². The smallest absolute Gasteiger partial charge is 0.275 e. The molecule has 0 spiro atoms. The van der Waals surface area contributed by atoms with E-state index in [-0.39, 0.29) is 30.1 Å². The van der Waals surface area contributed by atoms with Crippen LogP contribution in [-0.4, -0.2) is 32.7 Å². The van der Waals surface area contributed by atoms with E-state index in [2.05, 4.69) is 29.1 Å². The molecule has 2 amide bonds. The zero-order valence-electron chi connectivity index (χ0n) is 20.6. The van der Waals surface area contributed by atoms with Gasteiger partial charge in [-0.05, 0) is 35.4 Å². The standard InChI is InChI=1S/C29H34N4O2/c1-21(2)23-13-15-24(16-14-23)27(28(34)32-25-11-7-4-8-12-25)33(20-22-9-5-3-6-10-22)29(35)26-19-30-17-18-31-26/h3,5-6,9-10,13-19,21,25,27H,4,7-8,11-12,20H2,1-2H3,(H,32,34)/t27-/m0/s1. The minimum Gasteiger partial charge on any atom is -0.351 e. The van der Waals surface area contributed by atoms with Crippen LogP contribution in [0, 0.1) is 0 Å². The molecule has 1 atom stereocenters. The highest BCUT2D eigenvalue weighted by atomic mass is 16.2. The zero-order chi connectivity index (χ0) is 24.6. The number of hydrogen-bond donors (Lipinski definition) is 1. The maximum absolute atomic E-state index is 13.9. The maximum atomic E-state index is 13.9. The lowest BCUT2D eigenvalue weighted by atomic mass is 9.94. The molecule has 4 rings (SSSR count). The van der Waals surface area contributed by atoms with Gasteiger partial charge in [-0.15, -0.1) is 0 Å². The highest BCUT2D eigenvalue weighted by Crippen LogP contribution is 2.28. The molecule has 1 fully saturated rings. The van der Waals surface area contributed by atoms with E-state index in [0.29, 0.717) is 5.92 Å². The quantitative estimate of drug-likeness (QED) is 0.476. The molecule has 0 aliphatic heterocycles. The van der Waals surface area contributed by atoms with Crippen LogP contribution in [0.2, 0.25) is 0 Å². The van der Waals surface area contributed by atoms with Gasteiger partial charge >= 0.3 is 0 Å². The molecule has 2 aromatic carbocycles. The fraction of sp³-hybridized carbons (Fsp3) is 0.379. The highest BCUT2D eigenvalue weighted by molar-refractivity contribution is 5.96. The fourth-order valence-corrected chi connectivity index (χ4v) is 4.68. The maximum Gasteiger partial charge on any atom is 0.275 e. The SMILES string of the molecule is CC(C)c1ccc([C@@H](C(=O)NC2CCCCC2)N(Cc2ccccc2)C(=O)c2cnccn2)cc1. The molecule has 3 aromatic rings. The molecular formula is C29H34N4O2. The Bertz CT molecular complexity index is 1090. The molecule has 1 aliphatic rings. The van der Waals surface area contributed by atoms with Gasteiger partial charge in [0.1, 0.15) is 11.7 Å².